The molecule has 0 aliphatic heterocycles. The van der Waals surface area contributed by atoms with Gasteiger partial charge in [0.1, 0.15) is 39.6 Å². The molecule has 0 aliphatic carbocycles. The first-order valence-electron chi connectivity index (χ1n) is 41.0. The van der Waals surface area contributed by atoms with E-state index >= 15 is 0 Å². The first-order valence-corrected chi connectivity index (χ1v) is 41.0. The van der Waals surface area contributed by atoms with E-state index in [0.29, 0.717) is 304 Å². The molecule has 0 saturated carbocycles. The van der Waals surface area contributed by atoms with Gasteiger partial charge in [-0.15, -0.1) is 0 Å². The number of methoxy groups -OCH3 is 9. The molecule has 784 valence electrons. The zero-order chi connectivity index (χ0) is 95.0. The Kier molecular flexibility index (Phi) is 178. The average molecular weight is 1900 g/mol. The van der Waals surface area contributed by atoms with Crippen LogP contribution in [-0.4, -0.2) is 505 Å². The lowest BCUT2D eigenvalue weighted by atomic mass is 10.3. The van der Waals surface area contributed by atoms with E-state index in [4.69, 9.17) is 133 Å². The van der Waals surface area contributed by atoms with Crippen molar-refractivity contribution >= 4 is 47.3 Å². The SMILES string of the molecule is C.C.C.C.CNC(=O)CCCOC.CNC(=O)CCOC.CNC(=O)COCCOC.CNC(=O)COCCOCCOC.CNC(=O)COCCOCCOCCOC.CNC(=O)COCCOCCOCCOCCOC.CNC(=O)COCCOCCOCCOCCOCCOC.CNC(=O)COCCOCCOCCOCCOCCOCCOC.COC. The van der Waals surface area contributed by atoms with Crippen molar-refractivity contribution < 1.29 is 180 Å². The number of ether oxygens (including phenoxy) is 30. The van der Waals surface area contributed by atoms with E-state index in [1.54, 1.807) is 127 Å². The van der Waals surface area contributed by atoms with Crippen LogP contribution in [0.15, 0.2) is 0 Å². The van der Waals surface area contributed by atoms with Crippen LogP contribution in [0, 0.1) is 0 Å². The Morgan fingerprint density at radius 1 is 0.147 bits per heavy atom. The maximum absolute atomic E-state index is 10.9. The molecule has 46 nitrogen and oxygen atoms in total. The summed E-state index contributed by atoms with van der Waals surface area (Å²) in [4.78, 5) is 85.3. The largest absolute Gasteiger partial charge is 0.388 e. The topological polar surface area (TPSA) is 510 Å². The quantitative estimate of drug-likeness (QED) is 0.0351. The van der Waals surface area contributed by atoms with Crippen LogP contribution in [0.4, 0.5) is 0 Å². The predicted octanol–water partition coefficient (Wildman–Crippen LogP) is -0.644. The summed E-state index contributed by atoms with van der Waals surface area (Å²) in [5.74, 6) is -0.719. The average Bonchev–Trinajstić information content (AvgIpc) is 1.12. The summed E-state index contributed by atoms with van der Waals surface area (Å²) < 4.78 is 152. The monoisotopic (exact) mass is 1900 g/mol. The van der Waals surface area contributed by atoms with E-state index in [0.717, 1.165) is 6.42 Å². The fourth-order valence-electron chi connectivity index (χ4n) is 6.40. The molecule has 0 fully saturated rings. The molecule has 0 unspecified atom stereocenters. The molecule has 0 rings (SSSR count). The lowest BCUT2D eigenvalue weighted by Crippen LogP contribution is -2.24. The van der Waals surface area contributed by atoms with Crippen LogP contribution < -0.4 is 42.5 Å². The molecular formula is C83H184N8O38. The number of likely N-dealkylation sites (N-methyl/N-ethyl adjacent to an activating group) is 6. The van der Waals surface area contributed by atoms with Crippen molar-refractivity contribution in [2.24, 2.45) is 0 Å². The third kappa shape index (κ3) is 176. The van der Waals surface area contributed by atoms with Gasteiger partial charge in [0.2, 0.25) is 47.3 Å². The molecule has 0 radical (unpaired) electrons. The number of nitrogens with one attached hydrogen (secondary N) is 8. The lowest BCUT2D eigenvalue weighted by molar-refractivity contribution is -0.126. The van der Waals surface area contributed by atoms with Crippen LogP contribution in [0.25, 0.3) is 0 Å². The van der Waals surface area contributed by atoms with Gasteiger partial charge >= 0.3 is 0 Å². The van der Waals surface area contributed by atoms with Gasteiger partial charge in [-0.25, -0.2) is 0 Å². The molecule has 0 spiro atoms. The smallest absolute Gasteiger partial charge is 0.245 e. The highest BCUT2D eigenvalue weighted by atomic mass is 16.6. The van der Waals surface area contributed by atoms with Gasteiger partial charge in [-0.3, -0.25) is 38.4 Å². The minimum Gasteiger partial charge on any atom is -0.388 e. The normalized spacial score (nSPS) is 9.88. The van der Waals surface area contributed by atoms with Gasteiger partial charge in [-0.1, -0.05) is 29.7 Å². The number of amides is 8. The van der Waals surface area contributed by atoms with Gasteiger partial charge in [-0.2, -0.15) is 0 Å². The van der Waals surface area contributed by atoms with Gasteiger partial charge < -0.3 is 185 Å². The molecule has 8 N–H and O–H groups in total. The Labute approximate surface area is 774 Å². The van der Waals surface area contributed by atoms with E-state index in [-0.39, 0.29) is 117 Å². The second-order valence-electron chi connectivity index (χ2n) is 23.1. The zero-order valence-electron chi connectivity index (χ0n) is 79.0. The second-order valence-corrected chi connectivity index (χ2v) is 23.1. The maximum atomic E-state index is 10.9. The van der Waals surface area contributed by atoms with Crippen LogP contribution in [0.3, 0.4) is 0 Å². The van der Waals surface area contributed by atoms with Crippen molar-refractivity contribution in [1.82, 2.24) is 42.5 Å². The van der Waals surface area contributed by atoms with Crippen LogP contribution in [-0.2, 0) is 180 Å². The van der Waals surface area contributed by atoms with E-state index in [9.17, 15) is 38.4 Å². The summed E-state index contributed by atoms with van der Waals surface area (Å²) in [6.45, 7) is 23.2. The number of carbonyl (C=O) groups is 8. The number of hydrogen-bond acceptors (Lipinski definition) is 38. The first-order chi connectivity index (χ1) is 60.9. The molecule has 0 aliphatic rings. The summed E-state index contributed by atoms with van der Waals surface area (Å²) in [6, 6.07) is 0. The first kappa shape index (κ1) is 152. The van der Waals surface area contributed by atoms with Gasteiger partial charge in [0, 0.05) is 147 Å². The molecule has 0 saturated heterocycles. The van der Waals surface area contributed by atoms with Crippen molar-refractivity contribution in [2.45, 2.75) is 49.0 Å². The van der Waals surface area contributed by atoms with Crippen LogP contribution >= 0.6 is 0 Å². The third-order valence-electron chi connectivity index (χ3n) is 13.1. The van der Waals surface area contributed by atoms with E-state index in [1.165, 1.54) is 0 Å². The second kappa shape index (κ2) is 151. The summed E-state index contributed by atoms with van der Waals surface area (Å²) in [6.07, 6.45) is 1.81. The van der Waals surface area contributed by atoms with E-state index in [2.05, 4.69) is 52.0 Å². The fourth-order valence-corrected chi connectivity index (χ4v) is 6.40. The molecule has 0 heterocycles. The molecule has 0 aromatic heterocycles. The Hall–Kier alpha value is -5.44. The van der Waals surface area contributed by atoms with Crippen molar-refractivity contribution in [2.75, 3.05) is 458 Å². The summed E-state index contributed by atoms with van der Waals surface area (Å²) >= 11 is 0. The third-order valence-corrected chi connectivity index (χ3v) is 13.1. The highest BCUT2D eigenvalue weighted by Gasteiger charge is 2.05. The van der Waals surface area contributed by atoms with Gasteiger partial charge in [-0.05, 0) is 6.42 Å². The molecular weight excluding hydrogens is 1720 g/mol. The van der Waals surface area contributed by atoms with Crippen molar-refractivity contribution in [3.63, 3.8) is 0 Å². The molecule has 0 bridgehead atoms. The van der Waals surface area contributed by atoms with Crippen molar-refractivity contribution in [1.29, 1.82) is 0 Å². The summed E-state index contributed by atoms with van der Waals surface area (Å²) in [7, 11) is 28.9. The van der Waals surface area contributed by atoms with Gasteiger partial charge in [0.25, 0.3) is 0 Å². The predicted molar refractivity (Wildman–Crippen MR) is 488 cm³/mol. The number of rotatable bonds is 82. The zero-order valence-corrected chi connectivity index (χ0v) is 79.0. The molecule has 46 heteroatoms. The highest BCUT2D eigenvalue weighted by molar-refractivity contribution is 5.78. The minimum atomic E-state index is -0.149. The van der Waals surface area contributed by atoms with Crippen molar-refractivity contribution in [3.8, 4) is 0 Å². The van der Waals surface area contributed by atoms with Crippen LogP contribution in [0.2, 0.25) is 0 Å². The Balaban J connectivity index is -0.000000110. The highest BCUT2D eigenvalue weighted by Crippen LogP contribution is 1.92. The van der Waals surface area contributed by atoms with E-state index < -0.39 is 0 Å². The maximum Gasteiger partial charge on any atom is 0.245 e. The van der Waals surface area contributed by atoms with E-state index in [1.807, 2.05) is 0 Å². The molecule has 0 atom stereocenters. The molecule has 0 aromatic carbocycles. The Morgan fingerprint density at radius 2 is 0.256 bits per heavy atom. The van der Waals surface area contributed by atoms with Crippen molar-refractivity contribution in [3.05, 3.63) is 0 Å². The lowest BCUT2D eigenvalue weighted by Gasteiger charge is -2.08. The Morgan fingerprint density at radius 3 is 0.380 bits per heavy atom. The van der Waals surface area contributed by atoms with Crippen LogP contribution in [0.5, 0.6) is 0 Å². The van der Waals surface area contributed by atoms with Crippen LogP contribution in [0.1, 0.15) is 49.0 Å². The minimum absolute atomic E-state index is 0. The Bertz CT molecular complexity index is 2100. The summed E-state index contributed by atoms with van der Waals surface area (Å²) in [5, 5.41) is 19.8. The molecule has 0 aromatic rings. The van der Waals surface area contributed by atoms with Gasteiger partial charge in [0.15, 0.2) is 0 Å². The summed E-state index contributed by atoms with van der Waals surface area (Å²) in [5.41, 5.74) is 0. The molecule has 129 heavy (non-hydrogen) atoms. The fraction of sp³-hybridized carbons (Fsp3) is 0.904. The molecule has 8 amide bonds. The van der Waals surface area contributed by atoms with Gasteiger partial charge in [0.05, 0.1) is 284 Å². The number of hydrogen-bond donors (Lipinski definition) is 8. The number of carbonyl (C=O) groups excluding carboxylic acids is 8. The standard InChI is InChI=1S/C16H33NO8.C14H29NO7.C12H25NO6.C10H21NO5.C8H17NO4.C6H13NO3.C6H13NO2.C5H11NO2.C2H6O.4CH4/c1-17-16(18)15-25-14-13-24-12-11-23-10-9-22-8-7-21-6-5-20-4-3-19-2;1-15-14(16)13-22-12-11-21-10-9-20-8-7-19-6-5-18-4-3-17-2;1-13-12(14)11-19-10-9-18-8-7-17-6-5-16-4-3-15-2;1-11-10(12)9-16-8-7-15-6-5-14-4-3-13-2;1-9-8(10)7-13-6-5-12-4-3-11-2;1-7-6(8)5-10-4-3-9-2;1-7-6(8)4-3-5-9-2;1-6-5(7)3-4-8-2;1-3-2;;;;/h3-15H2,1-2H3,(H,17,18);3-13H2,1-2H3,(H,15,16);3-11H2,1-2H3,(H,13,14);3-9H2,1-2H3,(H,11,12);3-7H2,1-2H3,(H,9,10);3-5H2,1-2H3,(H,7,8);3-5H2,1-2H3,(H,7,8);3-4H2,1-2H3,(H,6,7);1-2H3;4*1H4.